The van der Waals surface area contributed by atoms with Crippen molar-refractivity contribution >= 4 is 74.4 Å². The molecule has 5 unspecified atom stereocenters. The van der Waals surface area contributed by atoms with Gasteiger partial charge in [-0.15, -0.1) is 12.6 Å². The number of rotatable bonds is 21. The summed E-state index contributed by atoms with van der Waals surface area (Å²) in [5.41, 5.74) is -7.57. The van der Waals surface area contributed by atoms with Gasteiger partial charge in [0.05, 0.1) is 82.3 Å². The number of carboxylic acids is 4. The zero-order valence-electron chi connectivity index (χ0n) is 22.2. The summed E-state index contributed by atoms with van der Waals surface area (Å²) in [7, 11) is 0. The Balaban J connectivity index is 0. The van der Waals surface area contributed by atoms with Gasteiger partial charge in [0.1, 0.15) is 11.0 Å². The molecule has 0 rings (SSSR count). The molecule has 0 heterocycles. The zero-order chi connectivity index (χ0) is 33.5. The SMILES string of the molecule is O=C(O)CC(S)OC(C(S)CC(=O)O)(C(S)CC(=O)O)C(CO)(CO)C(O)C(S)CC(=O)O.OCC(CO)(CO)CO. The second kappa shape index (κ2) is 20.1. The highest BCUT2D eigenvalue weighted by molar-refractivity contribution is 7.82. The summed E-state index contributed by atoms with van der Waals surface area (Å²) in [5, 5.41) is 97.8. The van der Waals surface area contributed by atoms with Gasteiger partial charge in [0.25, 0.3) is 0 Å². The van der Waals surface area contributed by atoms with Crippen LogP contribution < -0.4 is 0 Å². The molecule has 20 heteroatoms. The van der Waals surface area contributed by atoms with Crippen LogP contribution >= 0.6 is 50.5 Å². The van der Waals surface area contributed by atoms with Gasteiger partial charge < -0.3 is 60.9 Å². The molecule has 0 spiro atoms. The van der Waals surface area contributed by atoms with E-state index in [1.54, 1.807) is 0 Å². The number of hydrogen-bond donors (Lipinski definition) is 15. The van der Waals surface area contributed by atoms with Gasteiger partial charge in [-0.1, -0.05) is 0 Å². The Morgan fingerprint density at radius 1 is 0.571 bits per heavy atom. The van der Waals surface area contributed by atoms with Crippen LogP contribution in [-0.2, 0) is 23.9 Å². The number of carboxylic acid groups (broad SMARTS) is 4. The lowest BCUT2D eigenvalue weighted by Gasteiger charge is -2.57. The van der Waals surface area contributed by atoms with Crippen LogP contribution in [0.15, 0.2) is 0 Å². The Morgan fingerprint density at radius 3 is 1.14 bits per heavy atom. The molecule has 5 atom stereocenters. The molecule has 0 fully saturated rings. The van der Waals surface area contributed by atoms with Crippen LogP contribution in [0.25, 0.3) is 0 Å². The van der Waals surface area contributed by atoms with Crippen molar-refractivity contribution < 1.29 is 80.1 Å². The fourth-order valence-electron chi connectivity index (χ4n) is 3.88. The van der Waals surface area contributed by atoms with Crippen LogP contribution in [-0.4, -0.2) is 153 Å². The Kier molecular flexibility index (Phi) is 20.6. The van der Waals surface area contributed by atoms with Crippen molar-refractivity contribution in [3.8, 4) is 0 Å². The van der Waals surface area contributed by atoms with Crippen molar-refractivity contribution in [1.82, 2.24) is 0 Å². The van der Waals surface area contributed by atoms with E-state index < -0.39 is 133 Å². The number of aliphatic hydroxyl groups excluding tert-OH is 7. The second-order valence-corrected chi connectivity index (χ2v) is 11.9. The summed E-state index contributed by atoms with van der Waals surface area (Å²) in [6, 6.07) is 0. The van der Waals surface area contributed by atoms with Gasteiger partial charge in [0, 0.05) is 15.7 Å². The van der Waals surface area contributed by atoms with Gasteiger partial charge in [0.2, 0.25) is 0 Å². The average molecular weight is 689 g/mol. The fraction of sp³-hybridized carbons (Fsp3) is 0.818. The van der Waals surface area contributed by atoms with E-state index in [9.17, 15) is 44.7 Å². The van der Waals surface area contributed by atoms with E-state index in [1.807, 2.05) is 0 Å². The third kappa shape index (κ3) is 11.8. The molecule has 248 valence electrons. The number of thiol groups is 4. The van der Waals surface area contributed by atoms with E-state index in [-0.39, 0.29) is 0 Å². The van der Waals surface area contributed by atoms with E-state index in [0.29, 0.717) is 0 Å². The van der Waals surface area contributed by atoms with E-state index in [0.717, 1.165) is 0 Å². The Hall–Kier alpha value is -1.04. The van der Waals surface area contributed by atoms with Crippen molar-refractivity contribution in [3.63, 3.8) is 0 Å². The Labute approximate surface area is 263 Å². The molecule has 0 aromatic rings. The highest BCUT2D eigenvalue weighted by atomic mass is 32.1. The average Bonchev–Trinajstić information content (AvgIpc) is 2.89. The van der Waals surface area contributed by atoms with Crippen LogP contribution in [0.5, 0.6) is 0 Å². The first-order valence-corrected chi connectivity index (χ1v) is 14.0. The lowest BCUT2D eigenvalue weighted by Crippen LogP contribution is -2.71. The lowest BCUT2D eigenvalue weighted by molar-refractivity contribution is -0.219. The summed E-state index contributed by atoms with van der Waals surface area (Å²) in [5.74, 6) is -5.77. The number of aliphatic hydroxyl groups is 7. The van der Waals surface area contributed by atoms with Crippen LogP contribution in [0, 0.1) is 10.8 Å². The molecule has 0 radical (unpaired) electrons. The van der Waals surface area contributed by atoms with Crippen LogP contribution in [0.2, 0.25) is 0 Å². The monoisotopic (exact) mass is 688 g/mol. The van der Waals surface area contributed by atoms with Crippen LogP contribution in [0.1, 0.15) is 25.7 Å². The van der Waals surface area contributed by atoms with Crippen molar-refractivity contribution in [2.75, 3.05) is 39.6 Å². The molecule has 11 N–H and O–H groups in total. The number of carbonyl (C=O) groups is 4. The van der Waals surface area contributed by atoms with Gasteiger partial charge in [-0.3, -0.25) is 19.2 Å². The maximum Gasteiger partial charge on any atom is 0.306 e. The molecule has 0 aliphatic carbocycles. The molecule has 0 bridgehead atoms. The van der Waals surface area contributed by atoms with Crippen LogP contribution in [0.3, 0.4) is 0 Å². The summed E-state index contributed by atoms with van der Waals surface area (Å²) >= 11 is 16.4. The maximum absolute atomic E-state index is 11.5. The first-order chi connectivity index (χ1) is 19.3. The molecule has 0 saturated heterocycles. The summed E-state index contributed by atoms with van der Waals surface area (Å²) in [6.45, 7) is -4.04. The third-order valence-corrected chi connectivity index (χ3v) is 8.29. The predicted molar refractivity (Wildman–Crippen MR) is 157 cm³/mol. The largest absolute Gasteiger partial charge is 0.481 e. The minimum Gasteiger partial charge on any atom is -0.481 e. The molecule has 0 aromatic heterocycles. The van der Waals surface area contributed by atoms with Gasteiger partial charge in [-0.25, -0.2) is 0 Å². The van der Waals surface area contributed by atoms with E-state index in [4.69, 9.17) is 35.4 Å². The van der Waals surface area contributed by atoms with Crippen molar-refractivity contribution in [1.29, 1.82) is 0 Å². The Bertz CT molecular complexity index is 815. The summed E-state index contributed by atoms with van der Waals surface area (Å²) < 4.78 is 5.74. The first-order valence-electron chi connectivity index (χ1n) is 12.0. The lowest BCUT2D eigenvalue weighted by atomic mass is 9.63. The molecule has 0 aliphatic rings. The van der Waals surface area contributed by atoms with Gasteiger partial charge in [0.15, 0.2) is 0 Å². The number of aliphatic carboxylic acids is 4. The zero-order valence-corrected chi connectivity index (χ0v) is 25.8. The quantitative estimate of drug-likeness (QED) is 0.0424. The number of ether oxygens (including phenoxy) is 1. The highest BCUT2D eigenvalue weighted by Crippen LogP contribution is 2.51. The van der Waals surface area contributed by atoms with E-state index in [2.05, 4.69) is 50.5 Å². The molecular weight excluding hydrogens is 648 g/mol. The minimum atomic E-state index is -2.47. The standard InChI is InChI=1S/C17H28O12S4.C5H12O4/c18-5-16(6-19,15(28)7(30)1-10(20)21)17(8(31)2-11(22)23,9(32)3-12(24)25)29-14(33)4-13(26)27;6-1-5(2-7,3-8)4-9/h7-9,14-15,18-19,28,30-33H,1-6H2,(H,20,21)(H,22,23)(H,24,25)(H,26,27);6-9H,1-4H2. The highest BCUT2D eigenvalue weighted by Gasteiger charge is 2.64. The van der Waals surface area contributed by atoms with Gasteiger partial charge in [-0.2, -0.15) is 37.9 Å². The van der Waals surface area contributed by atoms with E-state index in [1.165, 1.54) is 0 Å². The van der Waals surface area contributed by atoms with Crippen molar-refractivity contribution in [3.05, 3.63) is 0 Å². The van der Waals surface area contributed by atoms with Gasteiger partial charge >= 0.3 is 23.9 Å². The minimum absolute atomic E-state index is 0.406. The molecule has 0 aliphatic heterocycles. The molecule has 0 aromatic carbocycles. The summed E-state index contributed by atoms with van der Waals surface area (Å²) in [4.78, 5) is 45.3. The van der Waals surface area contributed by atoms with Crippen LogP contribution in [0.4, 0.5) is 0 Å². The molecule has 0 amide bonds. The first kappa shape index (κ1) is 43.1. The smallest absolute Gasteiger partial charge is 0.306 e. The second-order valence-electron chi connectivity index (χ2n) is 9.41. The molecule has 42 heavy (non-hydrogen) atoms. The fourth-order valence-corrected chi connectivity index (χ4v) is 6.08. The predicted octanol–water partition coefficient (Wildman–Crippen LogP) is -2.93. The molecule has 16 nitrogen and oxygen atoms in total. The summed E-state index contributed by atoms with van der Waals surface area (Å²) in [6.07, 6.45) is -5.39. The Morgan fingerprint density at radius 2 is 0.905 bits per heavy atom. The van der Waals surface area contributed by atoms with Gasteiger partial charge in [-0.05, 0) is 0 Å². The normalized spacial score (nSPS) is 17.0. The molecular formula is C22H40O16S4. The maximum atomic E-state index is 11.5. The third-order valence-electron chi connectivity index (χ3n) is 6.40. The molecule has 0 saturated carbocycles. The topological polar surface area (TPSA) is 300 Å². The van der Waals surface area contributed by atoms with Crippen molar-refractivity contribution in [2.24, 2.45) is 10.8 Å². The van der Waals surface area contributed by atoms with E-state index >= 15 is 0 Å². The number of hydrogen-bond acceptors (Lipinski definition) is 16. The van der Waals surface area contributed by atoms with Crippen molar-refractivity contribution in [2.45, 2.75) is 58.6 Å².